The monoisotopic (exact) mass is 307 g/mol. The summed E-state index contributed by atoms with van der Waals surface area (Å²) in [5, 5.41) is 10.7. The number of nitrogens with one attached hydrogen (secondary N) is 2. The molecule has 0 atom stereocenters. The topological polar surface area (TPSA) is 106 Å². The lowest BCUT2D eigenvalue weighted by molar-refractivity contribution is 0.0968. The third kappa shape index (κ3) is 2.85. The van der Waals surface area contributed by atoms with Gasteiger partial charge in [-0.1, -0.05) is 5.16 Å². The number of rotatable bonds is 6. The van der Waals surface area contributed by atoms with Crippen LogP contribution in [0.15, 0.2) is 10.9 Å². The summed E-state index contributed by atoms with van der Waals surface area (Å²) < 4.78 is 4.70. The third-order valence-electron chi connectivity index (χ3n) is 3.44. The molecule has 3 rings (SSSR count). The van der Waals surface area contributed by atoms with E-state index in [1.807, 2.05) is 0 Å². The lowest BCUT2D eigenvalue weighted by Gasteiger charge is -2.05. The van der Waals surface area contributed by atoms with Crippen molar-refractivity contribution in [3.05, 3.63) is 22.7 Å². The van der Waals surface area contributed by atoms with Gasteiger partial charge in [0.15, 0.2) is 5.82 Å². The van der Waals surface area contributed by atoms with E-state index in [0.717, 1.165) is 23.4 Å². The first kappa shape index (κ1) is 13.9. The van der Waals surface area contributed by atoms with Crippen molar-refractivity contribution >= 4 is 27.9 Å². The van der Waals surface area contributed by atoms with Crippen LogP contribution in [0.1, 0.15) is 39.8 Å². The zero-order chi connectivity index (χ0) is 14.8. The molecule has 0 bridgehead atoms. The van der Waals surface area contributed by atoms with Crippen LogP contribution in [0.25, 0.3) is 0 Å². The van der Waals surface area contributed by atoms with Gasteiger partial charge in [0.2, 0.25) is 6.39 Å². The highest BCUT2D eigenvalue weighted by atomic mass is 32.1. The molecule has 0 unspecified atom stereocenters. The number of hydrogen-bond donors (Lipinski definition) is 3. The largest absolute Gasteiger partial charge is 0.397 e. The summed E-state index contributed by atoms with van der Waals surface area (Å²) in [6, 6.07) is 0. The Kier molecular flexibility index (Phi) is 3.78. The zero-order valence-electron chi connectivity index (χ0n) is 11.7. The van der Waals surface area contributed by atoms with E-state index in [0.29, 0.717) is 35.3 Å². The highest BCUT2D eigenvalue weighted by molar-refractivity contribution is 7.18. The van der Waals surface area contributed by atoms with E-state index in [4.69, 9.17) is 10.3 Å². The molecule has 2 heterocycles. The van der Waals surface area contributed by atoms with Crippen LogP contribution in [0.3, 0.4) is 0 Å². The molecule has 0 aliphatic heterocycles. The van der Waals surface area contributed by atoms with Gasteiger partial charge in [0.1, 0.15) is 4.88 Å². The van der Waals surface area contributed by atoms with Crippen LogP contribution in [0.4, 0.5) is 10.7 Å². The Morgan fingerprint density at radius 2 is 2.38 bits per heavy atom. The molecule has 4 N–H and O–H groups in total. The maximum absolute atomic E-state index is 11.9. The van der Waals surface area contributed by atoms with Crippen molar-refractivity contribution in [3.8, 4) is 0 Å². The van der Waals surface area contributed by atoms with Gasteiger partial charge in [-0.3, -0.25) is 4.79 Å². The molecular formula is C13H17N5O2S. The van der Waals surface area contributed by atoms with Crippen LogP contribution < -0.4 is 16.4 Å². The Morgan fingerprint density at radius 1 is 1.57 bits per heavy atom. The molecule has 112 valence electrons. The molecule has 1 amide bonds. The van der Waals surface area contributed by atoms with Crippen LogP contribution in [0, 0.1) is 0 Å². The van der Waals surface area contributed by atoms with E-state index < -0.39 is 0 Å². The van der Waals surface area contributed by atoms with Crippen LogP contribution in [-0.2, 0) is 6.42 Å². The van der Waals surface area contributed by atoms with Crippen molar-refractivity contribution < 1.29 is 9.32 Å². The molecule has 0 aromatic carbocycles. The number of aromatic nitrogens is 2. The SMILES string of the molecule is CNC(=O)c1sc(NCCc2ncon2)c(C2CC2)c1N. The first-order valence-electron chi connectivity index (χ1n) is 6.84. The van der Waals surface area contributed by atoms with E-state index in [9.17, 15) is 4.79 Å². The summed E-state index contributed by atoms with van der Waals surface area (Å²) in [5.74, 6) is 1.00. The quantitative estimate of drug-likeness (QED) is 0.748. The predicted molar refractivity (Wildman–Crippen MR) is 80.6 cm³/mol. The van der Waals surface area contributed by atoms with Gasteiger partial charge < -0.3 is 20.9 Å². The van der Waals surface area contributed by atoms with E-state index in [1.54, 1.807) is 7.05 Å². The van der Waals surface area contributed by atoms with Gasteiger partial charge in [-0.05, 0) is 18.8 Å². The molecule has 7 nitrogen and oxygen atoms in total. The molecule has 1 fully saturated rings. The minimum absolute atomic E-state index is 0.134. The summed E-state index contributed by atoms with van der Waals surface area (Å²) in [6.07, 6.45) is 4.24. The summed E-state index contributed by atoms with van der Waals surface area (Å²) in [4.78, 5) is 16.4. The maximum Gasteiger partial charge on any atom is 0.263 e. The van der Waals surface area contributed by atoms with Crippen LogP contribution in [0.2, 0.25) is 0 Å². The number of nitrogens with two attached hydrogens (primary N) is 1. The van der Waals surface area contributed by atoms with Crippen molar-refractivity contribution in [2.45, 2.75) is 25.2 Å². The standard InChI is InChI=1S/C13H17N5O2S/c1-15-12(19)11-10(14)9(7-2-3-7)13(21-11)16-5-4-8-17-6-20-18-8/h6-7,16H,2-5,14H2,1H3,(H,15,19). The van der Waals surface area contributed by atoms with Crippen molar-refractivity contribution in [3.63, 3.8) is 0 Å². The second kappa shape index (κ2) is 5.72. The van der Waals surface area contributed by atoms with E-state index >= 15 is 0 Å². The second-order valence-corrected chi connectivity index (χ2v) is 5.99. The van der Waals surface area contributed by atoms with Crippen LogP contribution in [0.5, 0.6) is 0 Å². The van der Waals surface area contributed by atoms with Crippen molar-refractivity contribution in [2.24, 2.45) is 0 Å². The minimum atomic E-state index is -0.134. The highest BCUT2D eigenvalue weighted by Crippen LogP contribution is 2.50. The molecular weight excluding hydrogens is 290 g/mol. The summed E-state index contributed by atoms with van der Waals surface area (Å²) >= 11 is 1.41. The molecule has 1 saturated carbocycles. The van der Waals surface area contributed by atoms with Crippen LogP contribution in [-0.4, -0.2) is 29.6 Å². The Balaban J connectivity index is 1.75. The van der Waals surface area contributed by atoms with Gasteiger partial charge in [0.05, 0.1) is 10.7 Å². The fourth-order valence-corrected chi connectivity index (χ4v) is 3.42. The van der Waals surface area contributed by atoms with Crippen molar-refractivity contribution in [2.75, 3.05) is 24.6 Å². The first-order chi connectivity index (χ1) is 10.2. The number of anilines is 2. The number of amides is 1. The smallest absolute Gasteiger partial charge is 0.263 e. The minimum Gasteiger partial charge on any atom is -0.397 e. The van der Waals surface area contributed by atoms with E-state index in [2.05, 4.69) is 20.8 Å². The Hall–Kier alpha value is -2.09. The van der Waals surface area contributed by atoms with E-state index in [-0.39, 0.29) is 5.91 Å². The molecule has 8 heteroatoms. The lowest BCUT2D eigenvalue weighted by Crippen LogP contribution is -2.17. The van der Waals surface area contributed by atoms with Gasteiger partial charge in [-0.2, -0.15) is 4.98 Å². The average Bonchev–Trinajstić information content (AvgIpc) is 3.07. The van der Waals surface area contributed by atoms with Gasteiger partial charge in [-0.15, -0.1) is 11.3 Å². The van der Waals surface area contributed by atoms with Gasteiger partial charge in [0.25, 0.3) is 5.91 Å². The van der Waals surface area contributed by atoms with Gasteiger partial charge in [0, 0.05) is 25.6 Å². The summed E-state index contributed by atoms with van der Waals surface area (Å²) in [5.41, 5.74) is 7.86. The molecule has 0 radical (unpaired) electrons. The molecule has 0 saturated heterocycles. The number of nitrogens with zero attached hydrogens (tertiary/aromatic N) is 2. The number of carbonyl (C=O) groups excluding carboxylic acids is 1. The number of thiophene rings is 1. The first-order valence-corrected chi connectivity index (χ1v) is 7.65. The molecule has 1 aliphatic rings. The van der Waals surface area contributed by atoms with Crippen molar-refractivity contribution in [1.29, 1.82) is 0 Å². The fourth-order valence-electron chi connectivity index (χ4n) is 2.24. The van der Waals surface area contributed by atoms with Crippen LogP contribution >= 0.6 is 11.3 Å². The Bertz CT molecular complexity index is 633. The maximum atomic E-state index is 11.9. The normalized spacial score (nSPS) is 14.1. The summed E-state index contributed by atoms with van der Waals surface area (Å²) in [7, 11) is 1.61. The zero-order valence-corrected chi connectivity index (χ0v) is 12.5. The predicted octanol–water partition coefficient (Wildman–Crippen LogP) is 1.60. The molecule has 1 aliphatic carbocycles. The van der Waals surface area contributed by atoms with Gasteiger partial charge in [-0.25, -0.2) is 0 Å². The number of carbonyl (C=O) groups is 1. The number of nitrogen functional groups attached to an aromatic ring is 1. The molecule has 0 spiro atoms. The highest BCUT2D eigenvalue weighted by Gasteiger charge is 2.32. The third-order valence-corrected chi connectivity index (χ3v) is 4.62. The molecule has 2 aromatic heterocycles. The van der Waals surface area contributed by atoms with E-state index in [1.165, 1.54) is 17.7 Å². The number of hydrogen-bond acceptors (Lipinski definition) is 7. The second-order valence-electron chi connectivity index (χ2n) is 4.97. The summed E-state index contributed by atoms with van der Waals surface area (Å²) in [6.45, 7) is 0.673. The average molecular weight is 307 g/mol. The van der Waals surface area contributed by atoms with Gasteiger partial charge >= 0.3 is 0 Å². The molecule has 21 heavy (non-hydrogen) atoms. The lowest BCUT2D eigenvalue weighted by atomic mass is 10.1. The molecule has 2 aromatic rings. The fraction of sp³-hybridized carbons (Fsp3) is 0.462. The Labute approximate surface area is 125 Å². The Morgan fingerprint density at radius 3 is 3.00 bits per heavy atom. The van der Waals surface area contributed by atoms with Crippen molar-refractivity contribution in [1.82, 2.24) is 15.5 Å².